The van der Waals surface area contributed by atoms with Crippen LogP contribution >= 0.6 is 0 Å². The maximum absolute atomic E-state index is 11.7. The maximum Gasteiger partial charge on any atom is 0.273 e. The van der Waals surface area contributed by atoms with Crippen LogP contribution in [-0.4, -0.2) is 9.91 Å². The lowest BCUT2D eigenvalue weighted by molar-refractivity contribution is -0.385. The number of fused-ring (bicyclic) bond motifs is 1. The Morgan fingerprint density at radius 2 is 2.06 bits per heavy atom. The van der Waals surface area contributed by atoms with Gasteiger partial charge in [0.15, 0.2) is 5.43 Å². The van der Waals surface area contributed by atoms with Gasteiger partial charge in [-0.2, -0.15) is 0 Å². The Bertz CT molecular complexity index is 643. The first-order valence-corrected chi connectivity index (χ1v) is 4.78. The highest BCUT2D eigenvalue weighted by atomic mass is 16.6. The number of pyridine rings is 1. The van der Waals surface area contributed by atoms with Gasteiger partial charge in [0.2, 0.25) is 0 Å². The Hall–Kier alpha value is -2.17. The molecule has 0 amide bonds. The van der Waals surface area contributed by atoms with Crippen molar-refractivity contribution >= 4 is 16.6 Å². The first-order valence-electron chi connectivity index (χ1n) is 4.78. The Morgan fingerprint density at radius 3 is 2.69 bits per heavy atom. The molecule has 0 saturated heterocycles. The fraction of sp³-hybridized carbons (Fsp3) is 0.182. The van der Waals surface area contributed by atoms with E-state index in [1.165, 1.54) is 12.1 Å². The topological polar surface area (TPSA) is 76.0 Å². The molecule has 2 rings (SSSR count). The Morgan fingerprint density at radius 1 is 1.38 bits per heavy atom. The third kappa shape index (κ3) is 1.37. The van der Waals surface area contributed by atoms with E-state index in [0.29, 0.717) is 22.0 Å². The van der Waals surface area contributed by atoms with Crippen molar-refractivity contribution in [1.82, 2.24) is 4.98 Å². The number of aryl methyl sites for hydroxylation is 2. The minimum atomic E-state index is -0.464. The number of aromatic nitrogens is 1. The summed E-state index contributed by atoms with van der Waals surface area (Å²) in [6, 6.07) is 2.85. The summed E-state index contributed by atoms with van der Waals surface area (Å²) in [7, 11) is 0. The van der Waals surface area contributed by atoms with Gasteiger partial charge in [-0.15, -0.1) is 0 Å². The lowest BCUT2D eigenvalue weighted by atomic mass is 10.0. The molecule has 0 atom stereocenters. The van der Waals surface area contributed by atoms with Crippen LogP contribution in [0.25, 0.3) is 10.9 Å². The first kappa shape index (κ1) is 10.4. The number of hydrogen-bond donors (Lipinski definition) is 1. The highest BCUT2D eigenvalue weighted by Gasteiger charge is 2.17. The molecular weight excluding hydrogens is 208 g/mol. The van der Waals surface area contributed by atoms with Gasteiger partial charge in [0.05, 0.1) is 15.8 Å². The molecule has 0 unspecified atom stereocenters. The van der Waals surface area contributed by atoms with Gasteiger partial charge in [-0.25, -0.2) is 0 Å². The molecule has 0 bridgehead atoms. The molecule has 0 spiro atoms. The monoisotopic (exact) mass is 218 g/mol. The van der Waals surface area contributed by atoms with Crippen molar-refractivity contribution < 1.29 is 4.92 Å². The van der Waals surface area contributed by atoms with Crippen molar-refractivity contribution in [3.63, 3.8) is 0 Å². The Kier molecular flexibility index (Phi) is 2.23. The molecule has 2 aromatic rings. The molecule has 1 aromatic carbocycles. The van der Waals surface area contributed by atoms with Crippen LogP contribution in [-0.2, 0) is 0 Å². The van der Waals surface area contributed by atoms with Crippen molar-refractivity contribution in [1.29, 1.82) is 0 Å². The summed E-state index contributed by atoms with van der Waals surface area (Å²) in [5.41, 5.74) is 1.56. The van der Waals surface area contributed by atoms with E-state index in [2.05, 4.69) is 4.98 Å². The van der Waals surface area contributed by atoms with E-state index in [0.717, 1.165) is 0 Å². The number of nitro benzene ring substituents is 1. The van der Waals surface area contributed by atoms with Gasteiger partial charge < -0.3 is 4.98 Å². The number of H-pyrrole nitrogens is 1. The molecule has 0 fully saturated rings. The van der Waals surface area contributed by atoms with E-state index in [1.807, 2.05) is 0 Å². The highest BCUT2D eigenvalue weighted by molar-refractivity contribution is 5.87. The fourth-order valence-corrected chi connectivity index (χ4v) is 1.87. The number of nitrogens with zero attached hydrogens (tertiary/aromatic N) is 1. The Balaban J connectivity index is 3.04. The highest BCUT2D eigenvalue weighted by Crippen LogP contribution is 2.26. The van der Waals surface area contributed by atoms with E-state index in [1.54, 1.807) is 20.0 Å². The summed E-state index contributed by atoms with van der Waals surface area (Å²) in [6.07, 6.45) is 1.54. The van der Waals surface area contributed by atoms with Crippen LogP contribution in [0.15, 0.2) is 23.1 Å². The summed E-state index contributed by atoms with van der Waals surface area (Å²) in [4.78, 5) is 25.0. The van der Waals surface area contributed by atoms with E-state index in [4.69, 9.17) is 0 Å². The summed E-state index contributed by atoms with van der Waals surface area (Å²) in [5.74, 6) is 0. The van der Waals surface area contributed by atoms with E-state index in [9.17, 15) is 14.9 Å². The second-order valence-corrected chi connectivity index (χ2v) is 3.69. The maximum atomic E-state index is 11.7. The molecule has 16 heavy (non-hydrogen) atoms. The quantitative estimate of drug-likeness (QED) is 0.587. The molecule has 82 valence electrons. The molecule has 0 radical (unpaired) electrons. The third-order valence-corrected chi connectivity index (χ3v) is 2.66. The lowest BCUT2D eigenvalue weighted by Gasteiger charge is -2.05. The predicted octanol–water partition coefficient (Wildman–Crippen LogP) is 2.05. The van der Waals surface area contributed by atoms with Crippen LogP contribution < -0.4 is 5.43 Å². The summed E-state index contributed by atoms with van der Waals surface area (Å²) in [6.45, 7) is 3.33. The zero-order valence-corrected chi connectivity index (χ0v) is 8.90. The minimum Gasteiger partial charge on any atom is -0.361 e. The SMILES string of the molecule is Cc1cc([N+](=O)[O-])c(C)c2c(=O)cc[nH]c12. The minimum absolute atomic E-state index is 0.0123. The van der Waals surface area contributed by atoms with Crippen molar-refractivity contribution in [2.45, 2.75) is 13.8 Å². The average Bonchev–Trinajstić information content (AvgIpc) is 2.22. The second-order valence-electron chi connectivity index (χ2n) is 3.69. The number of nitrogens with one attached hydrogen (secondary N) is 1. The summed E-state index contributed by atoms with van der Waals surface area (Å²) >= 11 is 0. The molecule has 0 saturated carbocycles. The molecule has 1 heterocycles. The third-order valence-electron chi connectivity index (χ3n) is 2.66. The number of nitro groups is 1. The molecule has 0 aliphatic heterocycles. The van der Waals surface area contributed by atoms with Crippen molar-refractivity contribution in [3.8, 4) is 0 Å². The van der Waals surface area contributed by atoms with Crippen LogP contribution in [0.4, 0.5) is 5.69 Å². The van der Waals surface area contributed by atoms with Crippen LogP contribution in [0.3, 0.4) is 0 Å². The van der Waals surface area contributed by atoms with E-state index in [-0.39, 0.29) is 11.1 Å². The molecule has 1 N–H and O–H groups in total. The van der Waals surface area contributed by atoms with Crippen LogP contribution in [0.2, 0.25) is 0 Å². The second kappa shape index (κ2) is 3.44. The normalized spacial score (nSPS) is 10.6. The van der Waals surface area contributed by atoms with Gasteiger partial charge in [0.25, 0.3) is 5.69 Å². The number of hydrogen-bond acceptors (Lipinski definition) is 3. The van der Waals surface area contributed by atoms with Crippen LogP contribution in [0.5, 0.6) is 0 Å². The largest absolute Gasteiger partial charge is 0.361 e. The number of benzene rings is 1. The summed E-state index contributed by atoms with van der Waals surface area (Å²) < 4.78 is 0. The molecule has 5 nitrogen and oxygen atoms in total. The van der Waals surface area contributed by atoms with Crippen LogP contribution in [0.1, 0.15) is 11.1 Å². The van der Waals surface area contributed by atoms with Gasteiger partial charge in [-0.05, 0) is 19.4 Å². The Labute approximate surface area is 90.9 Å². The van der Waals surface area contributed by atoms with Gasteiger partial charge in [0.1, 0.15) is 0 Å². The van der Waals surface area contributed by atoms with Gasteiger partial charge in [-0.3, -0.25) is 14.9 Å². The average molecular weight is 218 g/mol. The summed E-state index contributed by atoms with van der Waals surface area (Å²) in [5, 5.41) is 11.2. The molecule has 1 aromatic heterocycles. The first-order chi connectivity index (χ1) is 7.52. The van der Waals surface area contributed by atoms with Gasteiger partial charge in [0, 0.05) is 23.9 Å². The lowest BCUT2D eigenvalue weighted by Crippen LogP contribution is -2.05. The predicted molar refractivity (Wildman–Crippen MR) is 60.7 cm³/mol. The van der Waals surface area contributed by atoms with Gasteiger partial charge in [-0.1, -0.05) is 0 Å². The molecular formula is C11H10N2O3. The van der Waals surface area contributed by atoms with Crippen molar-refractivity contribution in [2.75, 3.05) is 0 Å². The van der Waals surface area contributed by atoms with Crippen LogP contribution in [0, 0.1) is 24.0 Å². The molecule has 0 aliphatic carbocycles. The zero-order valence-electron chi connectivity index (χ0n) is 8.90. The van der Waals surface area contributed by atoms with E-state index < -0.39 is 4.92 Å². The molecule has 5 heteroatoms. The zero-order chi connectivity index (χ0) is 11.9. The van der Waals surface area contributed by atoms with E-state index >= 15 is 0 Å². The number of rotatable bonds is 1. The van der Waals surface area contributed by atoms with Gasteiger partial charge >= 0.3 is 0 Å². The molecule has 0 aliphatic rings. The fourth-order valence-electron chi connectivity index (χ4n) is 1.87. The van der Waals surface area contributed by atoms with Crippen molar-refractivity contribution in [3.05, 3.63) is 49.8 Å². The van der Waals surface area contributed by atoms with Crippen molar-refractivity contribution in [2.24, 2.45) is 0 Å². The smallest absolute Gasteiger partial charge is 0.273 e. The standard InChI is InChI=1S/C11H10N2O3/c1-6-5-8(13(15)16)7(2)10-9(14)3-4-12-11(6)10/h3-5H,1-2H3,(H,12,14). The number of aromatic amines is 1.